The minimum Gasteiger partial charge on any atom is -0.493 e. The molecule has 32 heavy (non-hydrogen) atoms. The van der Waals surface area contributed by atoms with E-state index in [1.54, 1.807) is 0 Å². The van der Waals surface area contributed by atoms with Crippen LogP contribution >= 0.6 is 0 Å². The molecule has 2 aromatic carbocycles. The van der Waals surface area contributed by atoms with Gasteiger partial charge in [-0.3, -0.25) is 9.59 Å². The lowest BCUT2D eigenvalue weighted by Gasteiger charge is -2.25. The number of benzene rings is 2. The summed E-state index contributed by atoms with van der Waals surface area (Å²) in [4.78, 5) is 37.8. The van der Waals surface area contributed by atoms with Crippen molar-refractivity contribution in [3.8, 4) is 11.5 Å². The number of hydrogen-bond donors (Lipinski definition) is 1. The summed E-state index contributed by atoms with van der Waals surface area (Å²) in [6, 6.07) is 8.58. The number of amides is 2. The van der Waals surface area contributed by atoms with Gasteiger partial charge in [0.1, 0.15) is 5.71 Å². The van der Waals surface area contributed by atoms with Crippen molar-refractivity contribution in [1.82, 2.24) is 0 Å². The van der Waals surface area contributed by atoms with E-state index >= 15 is 0 Å². The molecule has 0 saturated carbocycles. The number of esters is 1. The predicted molar refractivity (Wildman–Crippen MR) is 120 cm³/mol. The number of nitrogens with zero attached hydrogens (tertiary/aromatic N) is 2. The molecule has 0 atom stereocenters. The third-order valence-corrected chi connectivity index (χ3v) is 5.06. The van der Waals surface area contributed by atoms with Crippen molar-refractivity contribution in [2.45, 2.75) is 26.7 Å². The monoisotopic (exact) mass is 439 g/mol. The molecule has 0 fully saturated rings. The average Bonchev–Trinajstić information content (AvgIpc) is 2.80. The molecule has 2 amide bonds. The highest BCUT2D eigenvalue weighted by Crippen LogP contribution is 2.34. The van der Waals surface area contributed by atoms with E-state index in [0.717, 1.165) is 11.1 Å². The Balaban J connectivity index is 1.96. The molecule has 1 aliphatic rings. The molecule has 1 heterocycles. The van der Waals surface area contributed by atoms with Crippen LogP contribution < -0.4 is 19.8 Å². The van der Waals surface area contributed by atoms with Gasteiger partial charge in [0, 0.05) is 25.0 Å². The predicted octanol–water partition coefficient (Wildman–Crippen LogP) is 3.23. The smallest absolute Gasteiger partial charge is 0.340 e. The van der Waals surface area contributed by atoms with Crippen molar-refractivity contribution in [2.75, 3.05) is 31.7 Å². The van der Waals surface area contributed by atoms with E-state index in [-0.39, 0.29) is 35.7 Å². The molecule has 0 saturated heterocycles. The highest BCUT2D eigenvalue weighted by Gasteiger charge is 2.28. The van der Waals surface area contributed by atoms with Gasteiger partial charge in [-0.1, -0.05) is 12.1 Å². The van der Waals surface area contributed by atoms with E-state index in [0.29, 0.717) is 17.2 Å². The van der Waals surface area contributed by atoms with Crippen molar-refractivity contribution in [1.29, 1.82) is 0 Å². The quantitative estimate of drug-likeness (QED) is 0.693. The molecule has 0 bridgehead atoms. The van der Waals surface area contributed by atoms with E-state index in [9.17, 15) is 14.4 Å². The summed E-state index contributed by atoms with van der Waals surface area (Å²) < 4.78 is 15.3. The zero-order valence-corrected chi connectivity index (χ0v) is 18.6. The van der Waals surface area contributed by atoms with Crippen LogP contribution in [-0.4, -0.2) is 44.8 Å². The normalized spacial score (nSPS) is 13.3. The SMILES string of the molecule is COC(=O)c1cc(OC)c(OC)cc1NC(=O)C1=NN(c2cc(C)ccc2C)C(=O)CC1. The first-order chi connectivity index (χ1) is 15.3. The summed E-state index contributed by atoms with van der Waals surface area (Å²) in [7, 11) is 4.12. The van der Waals surface area contributed by atoms with Gasteiger partial charge < -0.3 is 19.5 Å². The maximum absolute atomic E-state index is 13.0. The van der Waals surface area contributed by atoms with Crippen molar-refractivity contribution in [3.63, 3.8) is 0 Å². The number of anilines is 2. The van der Waals surface area contributed by atoms with Crippen LogP contribution in [0.1, 0.15) is 34.3 Å². The van der Waals surface area contributed by atoms with Crippen LogP contribution in [0.3, 0.4) is 0 Å². The topological polar surface area (TPSA) is 107 Å². The van der Waals surface area contributed by atoms with Crippen molar-refractivity contribution in [3.05, 3.63) is 47.0 Å². The van der Waals surface area contributed by atoms with Gasteiger partial charge >= 0.3 is 5.97 Å². The fourth-order valence-corrected chi connectivity index (χ4v) is 3.31. The van der Waals surface area contributed by atoms with Crippen LogP contribution in [0.25, 0.3) is 0 Å². The third-order valence-electron chi connectivity index (χ3n) is 5.06. The van der Waals surface area contributed by atoms with Crippen LogP contribution in [-0.2, 0) is 14.3 Å². The Morgan fingerprint density at radius 1 is 1.00 bits per heavy atom. The first kappa shape index (κ1) is 22.8. The number of carbonyl (C=O) groups is 3. The van der Waals surface area contributed by atoms with Gasteiger partial charge in [0.05, 0.1) is 38.3 Å². The van der Waals surface area contributed by atoms with Gasteiger partial charge in [0.25, 0.3) is 5.91 Å². The Bertz CT molecular complexity index is 1110. The molecule has 9 nitrogen and oxygen atoms in total. The Hall–Kier alpha value is -3.88. The zero-order valence-electron chi connectivity index (χ0n) is 18.6. The van der Waals surface area contributed by atoms with Crippen LogP contribution in [0.15, 0.2) is 35.4 Å². The molecule has 2 aromatic rings. The minimum absolute atomic E-state index is 0.0948. The number of nitrogens with one attached hydrogen (secondary N) is 1. The molecule has 0 unspecified atom stereocenters. The van der Waals surface area contributed by atoms with Gasteiger partial charge in [0.15, 0.2) is 11.5 Å². The summed E-state index contributed by atoms with van der Waals surface area (Å²) in [5, 5.41) is 8.27. The van der Waals surface area contributed by atoms with Crippen LogP contribution in [0.4, 0.5) is 11.4 Å². The largest absolute Gasteiger partial charge is 0.493 e. The number of ether oxygens (including phenoxy) is 3. The number of hydrazone groups is 1. The fraction of sp³-hybridized carbons (Fsp3) is 0.304. The van der Waals surface area contributed by atoms with Crippen LogP contribution in [0, 0.1) is 13.8 Å². The summed E-state index contributed by atoms with van der Waals surface area (Å²) in [6.45, 7) is 3.79. The van der Waals surface area contributed by atoms with Crippen LogP contribution in [0.5, 0.6) is 11.5 Å². The Labute approximate surface area is 185 Å². The molecule has 3 rings (SSSR count). The molecule has 1 N–H and O–H groups in total. The minimum atomic E-state index is -0.654. The van der Waals surface area contributed by atoms with Gasteiger partial charge in [0.2, 0.25) is 5.91 Å². The molecule has 0 radical (unpaired) electrons. The molecular weight excluding hydrogens is 414 g/mol. The second-order valence-corrected chi connectivity index (χ2v) is 7.24. The van der Waals surface area contributed by atoms with Crippen molar-refractivity contribution in [2.24, 2.45) is 5.10 Å². The molecule has 168 valence electrons. The lowest BCUT2D eigenvalue weighted by molar-refractivity contribution is -0.118. The van der Waals surface area contributed by atoms with E-state index in [1.807, 2.05) is 32.0 Å². The van der Waals surface area contributed by atoms with Gasteiger partial charge in [-0.2, -0.15) is 5.10 Å². The van der Waals surface area contributed by atoms with E-state index < -0.39 is 11.9 Å². The lowest BCUT2D eigenvalue weighted by Crippen LogP contribution is -2.36. The Morgan fingerprint density at radius 2 is 1.69 bits per heavy atom. The van der Waals surface area contributed by atoms with E-state index in [4.69, 9.17) is 14.2 Å². The summed E-state index contributed by atoms with van der Waals surface area (Å²) in [6.07, 6.45) is 0.308. The summed E-state index contributed by atoms with van der Waals surface area (Å²) in [5.41, 5.74) is 2.90. The van der Waals surface area contributed by atoms with Gasteiger partial charge in [-0.15, -0.1) is 0 Å². The number of aryl methyl sites for hydroxylation is 2. The zero-order chi connectivity index (χ0) is 23.4. The maximum Gasteiger partial charge on any atom is 0.340 e. The second kappa shape index (κ2) is 9.51. The molecule has 0 aliphatic carbocycles. The highest BCUT2D eigenvalue weighted by atomic mass is 16.5. The fourth-order valence-electron chi connectivity index (χ4n) is 3.31. The lowest BCUT2D eigenvalue weighted by atomic mass is 10.1. The van der Waals surface area contributed by atoms with Crippen molar-refractivity contribution >= 4 is 34.9 Å². The third kappa shape index (κ3) is 4.56. The number of rotatable bonds is 6. The molecular formula is C23H25N3O6. The second-order valence-electron chi connectivity index (χ2n) is 7.24. The Kier molecular flexibility index (Phi) is 6.77. The number of hydrogen-bond acceptors (Lipinski definition) is 7. The first-order valence-electron chi connectivity index (χ1n) is 9.92. The summed E-state index contributed by atoms with van der Waals surface area (Å²) >= 11 is 0. The van der Waals surface area contributed by atoms with E-state index in [1.165, 1.54) is 38.5 Å². The average molecular weight is 439 g/mol. The number of methoxy groups -OCH3 is 3. The first-order valence-corrected chi connectivity index (χ1v) is 9.92. The molecule has 9 heteroatoms. The molecule has 0 aromatic heterocycles. The van der Waals surface area contributed by atoms with E-state index in [2.05, 4.69) is 10.4 Å². The van der Waals surface area contributed by atoms with Gasteiger partial charge in [-0.05, 0) is 31.0 Å². The highest BCUT2D eigenvalue weighted by molar-refractivity contribution is 6.44. The Morgan fingerprint density at radius 3 is 2.34 bits per heavy atom. The maximum atomic E-state index is 13.0. The molecule has 0 spiro atoms. The van der Waals surface area contributed by atoms with Crippen LogP contribution in [0.2, 0.25) is 0 Å². The standard InChI is InChI=1S/C23H25N3O6/c1-13-6-7-14(2)18(10-13)26-21(27)9-8-16(25-26)22(28)24-17-12-20(31-4)19(30-3)11-15(17)23(29)32-5/h6-7,10-12H,8-9H2,1-5H3,(H,24,28). The van der Waals surface area contributed by atoms with Gasteiger partial charge in [-0.25, -0.2) is 9.80 Å². The number of carbonyl (C=O) groups excluding carboxylic acids is 3. The van der Waals surface area contributed by atoms with Crippen molar-refractivity contribution < 1.29 is 28.6 Å². The molecule has 1 aliphatic heterocycles. The summed E-state index contributed by atoms with van der Waals surface area (Å²) in [5.74, 6) is -0.748.